The molecular weight excluding hydrogens is 271 g/mol. The average Bonchev–Trinajstić information content (AvgIpc) is 2.47. The summed E-state index contributed by atoms with van der Waals surface area (Å²) in [6.07, 6.45) is 0. The molecule has 0 fully saturated rings. The fourth-order valence-electron chi connectivity index (χ4n) is 1.26. The highest BCUT2D eigenvalue weighted by Crippen LogP contribution is 2.23. The fraction of sp³-hybridized carbons (Fsp3) is 0.111. The lowest BCUT2D eigenvalue weighted by Crippen LogP contribution is -2.11. The Morgan fingerprint density at radius 1 is 1.31 bits per heavy atom. The van der Waals surface area contributed by atoms with Crippen molar-refractivity contribution in [2.45, 2.75) is 0 Å². The molecule has 7 heteroatoms. The van der Waals surface area contributed by atoms with Gasteiger partial charge in [-0.3, -0.25) is 0 Å². The molecule has 0 unspecified atom stereocenters. The molecule has 0 atom stereocenters. The van der Waals surface area contributed by atoms with Crippen LogP contribution >= 0.6 is 35.4 Å². The van der Waals surface area contributed by atoms with Gasteiger partial charge in [0.05, 0.1) is 15.7 Å². The zero-order valence-electron chi connectivity index (χ0n) is 8.11. The van der Waals surface area contributed by atoms with Gasteiger partial charge in [-0.1, -0.05) is 23.2 Å². The predicted molar refractivity (Wildman–Crippen MR) is 64.1 cm³/mol. The van der Waals surface area contributed by atoms with Crippen LogP contribution in [0.2, 0.25) is 10.0 Å². The SMILES string of the molecule is Cn1oc(=O)n(-c2ccc(Cl)c(Cl)c2)c1=S. The minimum Gasteiger partial charge on any atom is -0.319 e. The van der Waals surface area contributed by atoms with Crippen LogP contribution in [0, 0.1) is 4.77 Å². The van der Waals surface area contributed by atoms with E-state index in [1.807, 2.05) is 0 Å². The molecule has 2 aromatic rings. The Labute approximate surface area is 106 Å². The smallest absolute Gasteiger partial charge is 0.319 e. The Hall–Kier alpha value is -1.04. The van der Waals surface area contributed by atoms with Crippen molar-refractivity contribution in [1.82, 2.24) is 9.31 Å². The summed E-state index contributed by atoms with van der Waals surface area (Å²) >= 11 is 16.7. The van der Waals surface area contributed by atoms with Crippen molar-refractivity contribution in [3.05, 3.63) is 43.6 Å². The number of aryl methyl sites for hydroxylation is 1. The summed E-state index contributed by atoms with van der Waals surface area (Å²) in [6.45, 7) is 0. The second kappa shape index (κ2) is 4.08. The molecule has 1 aromatic carbocycles. The van der Waals surface area contributed by atoms with Gasteiger partial charge >= 0.3 is 5.76 Å². The van der Waals surface area contributed by atoms with E-state index < -0.39 is 5.76 Å². The average molecular weight is 277 g/mol. The fourth-order valence-corrected chi connectivity index (χ4v) is 1.77. The molecule has 0 saturated carbocycles. The molecule has 0 radical (unpaired) electrons. The van der Waals surface area contributed by atoms with Gasteiger partial charge in [0, 0.05) is 7.05 Å². The lowest BCUT2D eigenvalue weighted by atomic mass is 10.3. The van der Waals surface area contributed by atoms with Crippen LogP contribution in [0.15, 0.2) is 27.5 Å². The van der Waals surface area contributed by atoms with Gasteiger partial charge in [0.1, 0.15) is 0 Å². The van der Waals surface area contributed by atoms with Gasteiger partial charge in [-0.2, -0.15) is 4.74 Å². The molecule has 0 aliphatic rings. The highest BCUT2D eigenvalue weighted by atomic mass is 35.5. The number of rotatable bonds is 1. The van der Waals surface area contributed by atoms with Gasteiger partial charge in [-0.25, -0.2) is 9.36 Å². The maximum absolute atomic E-state index is 11.5. The number of halogens is 2. The Kier molecular flexibility index (Phi) is 2.92. The summed E-state index contributed by atoms with van der Waals surface area (Å²) in [5.74, 6) is -0.564. The maximum atomic E-state index is 11.5. The highest BCUT2D eigenvalue weighted by molar-refractivity contribution is 7.71. The van der Waals surface area contributed by atoms with E-state index in [-0.39, 0.29) is 4.77 Å². The molecule has 84 valence electrons. The minimum absolute atomic E-state index is 0.253. The number of aromatic nitrogens is 2. The zero-order valence-corrected chi connectivity index (χ0v) is 10.4. The number of nitrogens with zero attached hydrogens (tertiary/aromatic N) is 2. The molecule has 0 amide bonds. The van der Waals surface area contributed by atoms with Crippen LogP contribution in [0.4, 0.5) is 0 Å². The van der Waals surface area contributed by atoms with E-state index in [9.17, 15) is 4.79 Å². The molecule has 0 N–H and O–H groups in total. The van der Waals surface area contributed by atoms with Gasteiger partial charge in [0.25, 0.3) is 0 Å². The quantitative estimate of drug-likeness (QED) is 0.752. The van der Waals surface area contributed by atoms with Crippen molar-refractivity contribution < 1.29 is 4.52 Å². The second-order valence-corrected chi connectivity index (χ2v) is 4.25. The first kappa shape index (κ1) is 11.4. The van der Waals surface area contributed by atoms with Gasteiger partial charge in [0.2, 0.25) is 4.77 Å². The molecule has 0 saturated heterocycles. The third kappa shape index (κ3) is 1.81. The Morgan fingerprint density at radius 3 is 2.50 bits per heavy atom. The predicted octanol–water partition coefficient (Wildman–Crippen LogP) is 2.81. The Bertz CT molecular complexity index is 656. The zero-order chi connectivity index (χ0) is 11.9. The maximum Gasteiger partial charge on any atom is 0.445 e. The van der Waals surface area contributed by atoms with E-state index in [0.29, 0.717) is 15.7 Å². The molecule has 1 aromatic heterocycles. The number of hydrogen-bond acceptors (Lipinski definition) is 3. The monoisotopic (exact) mass is 276 g/mol. The van der Waals surface area contributed by atoms with E-state index >= 15 is 0 Å². The molecule has 0 aliphatic carbocycles. The van der Waals surface area contributed by atoms with Gasteiger partial charge < -0.3 is 4.52 Å². The summed E-state index contributed by atoms with van der Waals surface area (Å²) in [7, 11) is 1.55. The van der Waals surface area contributed by atoms with Gasteiger partial charge in [0.15, 0.2) is 0 Å². The Morgan fingerprint density at radius 2 is 2.00 bits per heavy atom. The third-order valence-corrected chi connectivity index (χ3v) is 3.20. The molecule has 4 nitrogen and oxygen atoms in total. The summed E-state index contributed by atoms with van der Waals surface area (Å²) in [4.78, 5) is 11.5. The standard InChI is InChI=1S/C9H6Cl2N2O2S/c1-12-8(16)13(9(14)15-12)5-2-3-6(10)7(11)4-5/h2-4H,1H3. The van der Waals surface area contributed by atoms with Crippen LogP contribution in [0.25, 0.3) is 5.69 Å². The summed E-state index contributed by atoms with van der Waals surface area (Å²) < 4.78 is 7.51. The number of hydrogen-bond donors (Lipinski definition) is 0. The van der Waals surface area contributed by atoms with Crippen LogP contribution in [0.5, 0.6) is 0 Å². The van der Waals surface area contributed by atoms with E-state index in [1.54, 1.807) is 25.2 Å². The van der Waals surface area contributed by atoms with Crippen LogP contribution in [-0.2, 0) is 7.05 Å². The van der Waals surface area contributed by atoms with Crippen molar-refractivity contribution in [2.24, 2.45) is 7.05 Å². The summed E-state index contributed by atoms with van der Waals surface area (Å²) in [5.41, 5.74) is 0.522. The van der Waals surface area contributed by atoms with Crippen molar-refractivity contribution in [3.63, 3.8) is 0 Å². The van der Waals surface area contributed by atoms with Crippen molar-refractivity contribution >= 4 is 35.4 Å². The van der Waals surface area contributed by atoms with Crippen molar-refractivity contribution in [2.75, 3.05) is 0 Å². The van der Waals surface area contributed by atoms with Crippen LogP contribution in [0.1, 0.15) is 0 Å². The molecular formula is C9H6Cl2N2O2S. The van der Waals surface area contributed by atoms with Crippen molar-refractivity contribution in [1.29, 1.82) is 0 Å². The summed E-state index contributed by atoms with van der Waals surface area (Å²) in [5, 5.41) is 0.765. The van der Waals surface area contributed by atoms with E-state index in [0.717, 1.165) is 0 Å². The lowest BCUT2D eigenvalue weighted by Gasteiger charge is -2.01. The number of benzene rings is 1. The van der Waals surface area contributed by atoms with Crippen molar-refractivity contribution in [3.8, 4) is 5.69 Å². The Balaban J connectivity index is 2.73. The van der Waals surface area contributed by atoms with E-state index in [1.165, 1.54) is 9.31 Å². The molecule has 16 heavy (non-hydrogen) atoms. The van der Waals surface area contributed by atoms with E-state index in [2.05, 4.69) is 0 Å². The second-order valence-electron chi connectivity index (χ2n) is 3.07. The minimum atomic E-state index is -0.564. The van der Waals surface area contributed by atoms with Crippen LogP contribution < -0.4 is 5.76 Å². The molecule has 0 spiro atoms. The third-order valence-electron chi connectivity index (χ3n) is 2.02. The van der Waals surface area contributed by atoms with Crippen LogP contribution in [0.3, 0.4) is 0 Å². The normalized spacial score (nSPS) is 10.7. The first-order valence-electron chi connectivity index (χ1n) is 4.25. The highest BCUT2D eigenvalue weighted by Gasteiger charge is 2.09. The summed E-state index contributed by atoms with van der Waals surface area (Å²) in [6, 6.07) is 4.78. The van der Waals surface area contributed by atoms with Gasteiger partial charge in [-0.15, -0.1) is 0 Å². The molecule has 2 rings (SSSR count). The largest absolute Gasteiger partial charge is 0.445 e. The lowest BCUT2D eigenvalue weighted by molar-refractivity contribution is 0.279. The van der Waals surface area contributed by atoms with E-state index in [4.69, 9.17) is 39.9 Å². The molecule has 1 heterocycles. The first-order chi connectivity index (χ1) is 7.50. The van der Waals surface area contributed by atoms with Crippen LogP contribution in [-0.4, -0.2) is 9.31 Å². The van der Waals surface area contributed by atoms with Gasteiger partial charge in [-0.05, 0) is 30.4 Å². The molecule has 0 bridgehead atoms. The molecule has 0 aliphatic heterocycles. The first-order valence-corrected chi connectivity index (χ1v) is 5.42. The topological polar surface area (TPSA) is 40.1 Å².